The van der Waals surface area contributed by atoms with Gasteiger partial charge in [0.1, 0.15) is 12.4 Å². The first-order chi connectivity index (χ1) is 18.3. The summed E-state index contributed by atoms with van der Waals surface area (Å²) in [5.74, 6) is -1.24. The molecule has 3 atom stereocenters. The molecule has 0 unspecified atom stereocenters. The van der Waals surface area contributed by atoms with Gasteiger partial charge in [-0.3, -0.25) is 9.69 Å². The molecule has 208 valence electrons. The van der Waals surface area contributed by atoms with Crippen LogP contribution < -0.4 is 5.32 Å². The van der Waals surface area contributed by atoms with E-state index in [2.05, 4.69) is 38.8 Å². The number of carbonyl (C=O) groups is 1. The van der Waals surface area contributed by atoms with E-state index in [-0.39, 0.29) is 62.1 Å². The monoisotopic (exact) mass is 529 g/mol. The van der Waals surface area contributed by atoms with Crippen molar-refractivity contribution >= 4 is 5.91 Å². The Hall–Kier alpha value is -2.39. The lowest BCUT2D eigenvalue weighted by atomic mass is 9.86. The number of rotatable bonds is 9. The van der Waals surface area contributed by atoms with Crippen molar-refractivity contribution in [2.75, 3.05) is 6.54 Å². The van der Waals surface area contributed by atoms with Crippen molar-refractivity contribution in [2.24, 2.45) is 5.92 Å². The second kappa shape index (κ2) is 11.4. The maximum Gasteiger partial charge on any atom is 0.248 e. The van der Waals surface area contributed by atoms with Gasteiger partial charge in [-0.2, -0.15) is 0 Å². The summed E-state index contributed by atoms with van der Waals surface area (Å²) < 4.78 is 29.5. The average molecular weight is 530 g/mol. The summed E-state index contributed by atoms with van der Waals surface area (Å²) in [5, 5.41) is 21.7. The lowest BCUT2D eigenvalue weighted by Crippen LogP contribution is -2.45. The van der Waals surface area contributed by atoms with Gasteiger partial charge in [-0.05, 0) is 50.5 Å². The number of aliphatic hydroxyl groups is 1. The normalized spacial score (nSPS) is 26.5. The molecule has 1 aliphatic carbocycles. The van der Waals surface area contributed by atoms with Crippen molar-refractivity contribution in [3.8, 4) is 0 Å². The maximum atomic E-state index is 13.6. The molecule has 2 bridgehead atoms. The van der Waals surface area contributed by atoms with E-state index in [1.807, 2.05) is 30.3 Å². The fourth-order valence-corrected chi connectivity index (χ4v) is 6.94. The molecule has 1 aromatic heterocycles. The number of hydrogen-bond donors (Lipinski definition) is 2. The van der Waals surface area contributed by atoms with Crippen LogP contribution in [0.5, 0.6) is 0 Å². The van der Waals surface area contributed by atoms with Crippen LogP contribution in [0.25, 0.3) is 0 Å². The molecule has 9 heteroatoms. The van der Waals surface area contributed by atoms with Gasteiger partial charge in [-0.1, -0.05) is 44.2 Å². The first kappa shape index (κ1) is 27.2. The SMILES string of the molecule is CC(C)c1nnc(CO)n1C1C[C@@H]2CC[C@@H](C1)N2CC[C@H](NC(=O)C1CCC(F)(F)CC1)c1ccccc1. The van der Waals surface area contributed by atoms with E-state index in [9.17, 15) is 18.7 Å². The average Bonchev–Trinajstić information content (AvgIpc) is 3.44. The molecule has 38 heavy (non-hydrogen) atoms. The van der Waals surface area contributed by atoms with Gasteiger partial charge in [-0.15, -0.1) is 10.2 Å². The first-order valence-electron chi connectivity index (χ1n) is 14.3. The number of amides is 1. The van der Waals surface area contributed by atoms with Gasteiger partial charge in [0.25, 0.3) is 0 Å². The summed E-state index contributed by atoms with van der Waals surface area (Å²) in [7, 11) is 0. The number of nitrogens with one attached hydrogen (secondary N) is 1. The molecule has 3 aliphatic rings. The zero-order valence-electron chi connectivity index (χ0n) is 22.5. The van der Waals surface area contributed by atoms with Crippen molar-refractivity contribution in [1.82, 2.24) is 25.0 Å². The fraction of sp³-hybridized carbons (Fsp3) is 0.690. The van der Waals surface area contributed by atoms with E-state index in [1.165, 1.54) is 0 Å². The number of alkyl halides is 2. The Morgan fingerprint density at radius 1 is 1.05 bits per heavy atom. The van der Waals surface area contributed by atoms with Crippen LogP contribution >= 0.6 is 0 Å². The number of nitrogens with zero attached hydrogens (tertiary/aromatic N) is 4. The second-order valence-corrected chi connectivity index (χ2v) is 11.8. The highest BCUT2D eigenvalue weighted by Gasteiger charge is 2.43. The Morgan fingerprint density at radius 2 is 1.71 bits per heavy atom. The van der Waals surface area contributed by atoms with Crippen molar-refractivity contribution in [3.05, 3.63) is 47.5 Å². The summed E-state index contributed by atoms with van der Waals surface area (Å²) in [6.45, 7) is 4.99. The predicted octanol–water partition coefficient (Wildman–Crippen LogP) is 5.13. The van der Waals surface area contributed by atoms with Crippen LogP contribution in [0.15, 0.2) is 30.3 Å². The molecule has 7 nitrogen and oxygen atoms in total. The summed E-state index contributed by atoms with van der Waals surface area (Å²) >= 11 is 0. The quantitative estimate of drug-likeness (QED) is 0.470. The Labute approximate surface area is 224 Å². The zero-order chi connectivity index (χ0) is 26.9. The summed E-state index contributed by atoms with van der Waals surface area (Å²) in [4.78, 5) is 15.7. The Balaban J connectivity index is 1.25. The molecule has 2 aliphatic heterocycles. The smallest absolute Gasteiger partial charge is 0.248 e. The molecule has 2 N–H and O–H groups in total. The minimum atomic E-state index is -2.64. The second-order valence-electron chi connectivity index (χ2n) is 11.8. The van der Waals surface area contributed by atoms with Crippen LogP contribution in [-0.4, -0.2) is 55.2 Å². The van der Waals surface area contributed by atoms with Crippen LogP contribution in [0.1, 0.15) is 107 Å². The number of halogens is 2. The van der Waals surface area contributed by atoms with Crippen LogP contribution in [0, 0.1) is 5.92 Å². The van der Waals surface area contributed by atoms with Crippen molar-refractivity contribution in [2.45, 2.75) is 114 Å². The number of carbonyl (C=O) groups excluding carboxylic acids is 1. The van der Waals surface area contributed by atoms with Crippen molar-refractivity contribution in [3.63, 3.8) is 0 Å². The number of fused-ring (bicyclic) bond motifs is 2. The highest BCUT2D eigenvalue weighted by molar-refractivity contribution is 5.79. The number of aromatic nitrogens is 3. The summed E-state index contributed by atoms with van der Waals surface area (Å²) in [6.07, 6.45) is 5.15. The third kappa shape index (κ3) is 5.78. The molecule has 1 aromatic carbocycles. The van der Waals surface area contributed by atoms with Gasteiger partial charge in [0, 0.05) is 49.3 Å². The third-order valence-corrected chi connectivity index (χ3v) is 8.96. The highest BCUT2D eigenvalue weighted by Crippen LogP contribution is 2.43. The largest absolute Gasteiger partial charge is 0.388 e. The van der Waals surface area contributed by atoms with Crippen LogP contribution in [0.3, 0.4) is 0 Å². The Bertz CT molecular complexity index is 1070. The van der Waals surface area contributed by atoms with Gasteiger partial charge >= 0.3 is 0 Å². The molecule has 1 amide bonds. The molecule has 3 fully saturated rings. The van der Waals surface area contributed by atoms with Crippen molar-refractivity contribution in [1.29, 1.82) is 0 Å². The topological polar surface area (TPSA) is 83.3 Å². The summed E-state index contributed by atoms with van der Waals surface area (Å²) in [5.41, 5.74) is 1.06. The number of aliphatic hydroxyl groups excluding tert-OH is 1. The van der Waals surface area contributed by atoms with E-state index in [0.29, 0.717) is 17.9 Å². The van der Waals surface area contributed by atoms with Crippen molar-refractivity contribution < 1.29 is 18.7 Å². The van der Waals surface area contributed by atoms with Gasteiger partial charge in [0.2, 0.25) is 11.8 Å². The minimum absolute atomic E-state index is 0.0959. The molecule has 3 heterocycles. The Kier molecular flexibility index (Phi) is 8.14. The highest BCUT2D eigenvalue weighted by atomic mass is 19.3. The zero-order valence-corrected chi connectivity index (χ0v) is 22.5. The fourth-order valence-electron chi connectivity index (χ4n) is 6.94. The van der Waals surface area contributed by atoms with Crippen LogP contribution in [-0.2, 0) is 11.4 Å². The lowest BCUT2D eigenvalue weighted by molar-refractivity contribution is -0.130. The maximum absolute atomic E-state index is 13.6. The number of hydrogen-bond acceptors (Lipinski definition) is 5. The summed E-state index contributed by atoms with van der Waals surface area (Å²) in [6, 6.07) is 11.0. The first-order valence-corrected chi connectivity index (χ1v) is 14.3. The molecule has 5 rings (SSSR count). The number of benzene rings is 1. The lowest BCUT2D eigenvalue weighted by Gasteiger charge is -2.41. The van der Waals surface area contributed by atoms with Gasteiger partial charge < -0.3 is 15.0 Å². The van der Waals surface area contributed by atoms with Gasteiger partial charge in [0.15, 0.2) is 5.82 Å². The Morgan fingerprint density at radius 3 is 2.32 bits per heavy atom. The van der Waals surface area contributed by atoms with Gasteiger partial charge in [0.05, 0.1) is 6.04 Å². The standard InChI is InChI=1S/C29H41F2N5O2/c1-19(2)27-34-33-26(18-37)36(27)24-16-22-8-9-23(17-24)35(22)15-12-25(20-6-4-3-5-7-20)32-28(38)21-10-13-29(30,31)14-11-21/h3-7,19,21-25,37H,8-18H2,1-2H3,(H,32,38)/t22-,23-,25-/m0/s1. The molecular formula is C29H41F2N5O2. The molecule has 2 saturated heterocycles. The van der Waals surface area contributed by atoms with E-state index in [0.717, 1.165) is 50.0 Å². The van der Waals surface area contributed by atoms with E-state index >= 15 is 0 Å². The molecule has 0 spiro atoms. The number of piperidine rings is 1. The van der Waals surface area contributed by atoms with E-state index in [1.54, 1.807) is 0 Å². The molecule has 1 saturated carbocycles. The predicted molar refractivity (Wildman–Crippen MR) is 141 cm³/mol. The molecule has 0 radical (unpaired) electrons. The van der Waals surface area contributed by atoms with Crippen LogP contribution in [0.2, 0.25) is 0 Å². The molecular weight excluding hydrogens is 488 g/mol. The minimum Gasteiger partial charge on any atom is -0.388 e. The third-order valence-electron chi connectivity index (χ3n) is 8.96. The van der Waals surface area contributed by atoms with E-state index < -0.39 is 5.92 Å². The van der Waals surface area contributed by atoms with E-state index in [4.69, 9.17) is 0 Å². The van der Waals surface area contributed by atoms with Crippen LogP contribution in [0.4, 0.5) is 8.78 Å². The van der Waals surface area contributed by atoms with Gasteiger partial charge in [-0.25, -0.2) is 8.78 Å². The molecule has 2 aromatic rings.